The number of rotatable bonds is 5. The molecule has 0 unspecified atom stereocenters. The molecule has 8 nitrogen and oxygen atoms in total. The molecule has 2 heterocycles. The fourth-order valence-electron chi connectivity index (χ4n) is 3.14. The molecule has 2 N–H and O–H groups in total. The number of ether oxygens (including phenoxy) is 1. The molecule has 9 heteroatoms. The van der Waals surface area contributed by atoms with Gasteiger partial charge in [0.2, 0.25) is 11.9 Å². The second kappa shape index (κ2) is 8.04. The summed E-state index contributed by atoms with van der Waals surface area (Å²) in [7, 11) is 0. The van der Waals surface area contributed by atoms with Crippen molar-refractivity contribution in [2.45, 2.75) is 19.4 Å². The first-order valence-corrected chi connectivity index (χ1v) is 9.77. The van der Waals surface area contributed by atoms with E-state index >= 15 is 0 Å². The van der Waals surface area contributed by atoms with Gasteiger partial charge in [0.05, 0.1) is 12.5 Å². The summed E-state index contributed by atoms with van der Waals surface area (Å²) < 4.78 is 8.31. The van der Waals surface area contributed by atoms with Gasteiger partial charge in [0.25, 0.3) is 5.91 Å². The highest BCUT2D eigenvalue weighted by atomic mass is 79.9. The lowest BCUT2D eigenvalue weighted by molar-refractivity contribution is -0.118. The van der Waals surface area contributed by atoms with Gasteiger partial charge in [-0.2, -0.15) is 10.1 Å². The molecule has 2 aromatic carbocycles. The zero-order chi connectivity index (χ0) is 20.4. The van der Waals surface area contributed by atoms with Crippen LogP contribution in [0.3, 0.4) is 0 Å². The lowest BCUT2D eigenvalue weighted by Crippen LogP contribution is -2.29. The van der Waals surface area contributed by atoms with E-state index in [4.69, 9.17) is 4.74 Å². The Morgan fingerprint density at radius 3 is 3.03 bits per heavy atom. The maximum Gasteiger partial charge on any atom is 0.262 e. The van der Waals surface area contributed by atoms with Crippen LogP contribution in [0.1, 0.15) is 23.6 Å². The van der Waals surface area contributed by atoms with E-state index in [-0.39, 0.29) is 30.9 Å². The van der Waals surface area contributed by atoms with E-state index in [1.165, 1.54) is 6.33 Å². The molecule has 0 bridgehead atoms. The maximum absolute atomic E-state index is 12.2. The lowest BCUT2D eigenvalue weighted by Gasteiger charge is -2.24. The van der Waals surface area contributed by atoms with Crippen LogP contribution in [-0.4, -0.2) is 33.2 Å². The fourth-order valence-corrected chi connectivity index (χ4v) is 3.39. The van der Waals surface area contributed by atoms with Crippen molar-refractivity contribution >= 4 is 39.4 Å². The number of hydrogen-bond acceptors (Lipinski definition) is 5. The standard InChI is InChI=1S/C20H18BrN5O3/c1-12-7-14(5-6-16(12)21)24-19(28)10-29-15-4-2-3-13(8-15)17-9-18(27)25-20-22-11-23-26(17)20/h2-8,11,17H,9-10H2,1H3,(H,24,28)(H,22,23,25,27)/t17-/m1/s1. The summed E-state index contributed by atoms with van der Waals surface area (Å²) in [6.45, 7) is 1.83. The number of amides is 2. The third-order valence-electron chi connectivity index (χ3n) is 4.55. The third kappa shape index (κ3) is 4.29. The van der Waals surface area contributed by atoms with E-state index in [0.29, 0.717) is 17.4 Å². The number of nitrogens with one attached hydrogen (secondary N) is 2. The monoisotopic (exact) mass is 455 g/mol. The molecule has 148 valence electrons. The molecule has 4 rings (SSSR count). The van der Waals surface area contributed by atoms with Crippen LogP contribution in [0.25, 0.3) is 0 Å². The second-order valence-electron chi connectivity index (χ2n) is 6.67. The molecule has 0 aliphatic carbocycles. The van der Waals surface area contributed by atoms with Crippen molar-refractivity contribution in [2.24, 2.45) is 0 Å². The number of hydrogen-bond donors (Lipinski definition) is 2. The molecule has 1 aliphatic heterocycles. The predicted octanol–water partition coefficient (Wildman–Crippen LogP) is 3.30. The largest absolute Gasteiger partial charge is 0.484 e. The SMILES string of the molecule is Cc1cc(NC(=O)COc2cccc([C@H]3CC(=O)Nc4ncnn43)c2)ccc1Br. The summed E-state index contributed by atoms with van der Waals surface area (Å²) >= 11 is 3.44. The number of benzene rings is 2. The molecule has 0 radical (unpaired) electrons. The molecular formula is C20H18BrN5O3. The number of carbonyl (C=O) groups excluding carboxylic acids is 2. The summed E-state index contributed by atoms with van der Waals surface area (Å²) in [6, 6.07) is 12.6. The van der Waals surface area contributed by atoms with Crippen molar-refractivity contribution < 1.29 is 14.3 Å². The van der Waals surface area contributed by atoms with E-state index in [0.717, 1.165) is 15.6 Å². The fraction of sp³-hybridized carbons (Fsp3) is 0.200. The Kier molecular flexibility index (Phi) is 5.30. The highest BCUT2D eigenvalue weighted by molar-refractivity contribution is 9.10. The Labute approximate surface area is 175 Å². The number of carbonyl (C=O) groups is 2. The van der Waals surface area contributed by atoms with Crippen LogP contribution in [0, 0.1) is 6.92 Å². The number of aryl methyl sites for hydroxylation is 1. The van der Waals surface area contributed by atoms with E-state index in [1.54, 1.807) is 10.7 Å². The van der Waals surface area contributed by atoms with Gasteiger partial charge in [-0.3, -0.25) is 14.9 Å². The Bertz CT molecular complexity index is 1080. The summed E-state index contributed by atoms with van der Waals surface area (Å²) in [6.07, 6.45) is 1.66. The number of anilines is 2. The molecule has 29 heavy (non-hydrogen) atoms. The smallest absolute Gasteiger partial charge is 0.262 e. The minimum absolute atomic E-state index is 0.119. The van der Waals surface area contributed by atoms with Gasteiger partial charge >= 0.3 is 0 Å². The van der Waals surface area contributed by atoms with E-state index < -0.39 is 0 Å². The minimum atomic E-state index is -0.274. The van der Waals surface area contributed by atoms with Crippen LogP contribution >= 0.6 is 15.9 Å². The van der Waals surface area contributed by atoms with Crippen molar-refractivity contribution in [3.8, 4) is 5.75 Å². The lowest BCUT2D eigenvalue weighted by atomic mass is 10.0. The molecule has 1 aliphatic rings. The summed E-state index contributed by atoms with van der Waals surface area (Å²) in [5, 5.41) is 9.70. The Hall–Kier alpha value is -3.20. The average Bonchev–Trinajstić information content (AvgIpc) is 3.17. The number of halogens is 1. The van der Waals surface area contributed by atoms with Crippen molar-refractivity contribution in [3.05, 3.63) is 64.4 Å². The van der Waals surface area contributed by atoms with Gasteiger partial charge in [0.1, 0.15) is 12.1 Å². The zero-order valence-electron chi connectivity index (χ0n) is 15.6. The highest BCUT2D eigenvalue weighted by Crippen LogP contribution is 2.30. The Morgan fingerprint density at radius 2 is 2.21 bits per heavy atom. The zero-order valence-corrected chi connectivity index (χ0v) is 17.1. The minimum Gasteiger partial charge on any atom is -0.484 e. The molecule has 3 aromatic rings. The van der Waals surface area contributed by atoms with E-state index in [2.05, 4.69) is 36.6 Å². The van der Waals surface area contributed by atoms with Gasteiger partial charge in [0.15, 0.2) is 6.61 Å². The Morgan fingerprint density at radius 1 is 1.34 bits per heavy atom. The number of nitrogens with zero attached hydrogens (tertiary/aromatic N) is 3. The third-order valence-corrected chi connectivity index (χ3v) is 5.44. The molecule has 0 fully saturated rings. The summed E-state index contributed by atoms with van der Waals surface area (Å²) in [5.74, 6) is 0.581. The molecule has 0 saturated carbocycles. The molecule has 0 saturated heterocycles. The van der Waals surface area contributed by atoms with Crippen LogP contribution in [0.15, 0.2) is 53.3 Å². The van der Waals surface area contributed by atoms with Gasteiger partial charge in [-0.1, -0.05) is 28.1 Å². The van der Waals surface area contributed by atoms with Crippen molar-refractivity contribution in [2.75, 3.05) is 17.2 Å². The van der Waals surface area contributed by atoms with Crippen molar-refractivity contribution in [1.82, 2.24) is 14.8 Å². The van der Waals surface area contributed by atoms with Crippen LogP contribution in [-0.2, 0) is 9.59 Å². The number of fused-ring (bicyclic) bond motifs is 1. The second-order valence-corrected chi connectivity index (χ2v) is 7.52. The van der Waals surface area contributed by atoms with Gasteiger partial charge in [-0.05, 0) is 48.4 Å². The summed E-state index contributed by atoms with van der Waals surface area (Å²) in [4.78, 5) is 28.2. The van der Waals surface area contributed by atoms with Crippen LogP contribution in [0.2, 0.25) is 0 Å². The van der Waals surface area contributed by atoms with Gasteiger partial charge in [0, 0.05) is 10.2 Å². The van der Waals surface area contributed by atoms with Crippen LogP contribution in [0.5, 0.6) is 5.75 Å². The topological polar surface area (TPSA) is 98.1 Å². The first-order chi connectivity index (χ1) is 14.0. The van der Waals surface area contributed by atoms with Crippen LogP contribution in [0.4, 0.5) is 11.6 Å². The summed E-state index contributed by atoms with van der Waals surface area (Å²) in [5.41, 5.74) is 2.59. The highest BCUT2D eigenvalue weighted by Gasteiger charge is 2.27. The molecule has 0 spiro atoms. The van der Waals surface area contributed by atoms with Gasteiger partial charge in [-0.15, -0.1) is 0 Å². The van der Waals surface area contributed by atoms with Crippen molar-refractivity contribution in [3.63, 3.8) is 0 Å². The van der Waals surface area contributed by atoms with Gasteiger partial charge in [-0.25, -0.2) is 4.68 Å². The van der Waals surface area contributed by atoms with E-state index in [1.807, 2.05) is 43.3 Å². The normalized spacial score (nSPS) is 15.4. The Balaban J connectivity index is 1.42. The predicted molar refractivity (Wildman–Crippen MR) is 111 cm³/mol. The first kappa shape index (κ1) is 19.1. The molecule has 2 amide bonds. The van der Waals surface area contributed by atoms with Crippen LogP contribution < -0.4 is 15.4 Å². The van der Waals surface area contributed by atoms with E-state index in [9.17, 15) is 9.59 Å². The molecule has 1 aromatic heterocycles. The quantitative estimate of drug-likeness (QED) is 0.614. The first-order valence-electron chi connectivity index (χ1n) is 8.98. The maximum atomic E-state index is 12.2. The molecular weight excluding hydrogens is 438 g/mol. The average molecular weight is 456 g/mol. The van der Waals surface area contributed by atoms with Gasteiger partial charge < -0.3 is 10.1 Å². The molecule has 1 atom stereocenters. The number of aromatic nitrogens is 3. The van der Waals surface area contributed by atoms with Crippen molar-refractivity contribution in [1.29, 1.82) is 0 Å².